The standard InChI is InChI=1S/C13H15ClN2O3S2/c1-8(2)11-7-20-13(15-11)16-21(18,19)12-5-9(6-17)3-4-10(12)14/h3-5,7-8,17H,6H2,1-2H3,(H,15,16). The van der Waals surface area contributed by atoms with Crippen LogP contribution in [0.1, 0.15) is 31.0 Å². The minimum Gasteiger partial charge on any atom is -0.392 e. The first kappa shape index (κ1) is 16.2. The van der Waals surface area contributed by atoms with E-state index in [1.54, 1.807) is 6.07 Å². The Morgan fingerprint density at radius 3 is 2.71 bits per heavy atom. The van der Waals surface area contributed by atoms with Gasteiger partial charge in [-0.15, -0.1) is 11.3 Å². The molecular formula is C13H15ClN2O3S2. The molecule has 0 amide bonds. The van der Waals surface area contributed by atoms with Crippen molar-refractivity contribution in [1.29, 1.82) is 0 Å². The molecule has 0 fully saturated rings. The highest BCUT2D eigenvalue weighted by Gasteiger charge is 2.20. The van der Waals surface area contributed by atoms with Gasteiger partial charge >= 0.3 is 0 Å². The Balaban J connectivity index is 2.33. The second-order valence-electron chi connectivity index (χ2n) is 4.76. The summed E-state index contributed by atoms with van der Waals surface area (Å²) >= 11 is 7.16. The first-order valence-corrected chi connectivity index (χ1v) is 8.95. The van der Waals surface area contributed by atoms with Gasteiger partial charge in [0.25, 0.3) is 10.0 Å². The monoisotopic (exact) mass is 346 g/mol. The molecule has 0 bridgehead atoms. The fourth-order valence-electron chi connectivity index (χ4n) is 1.62. The van der Waals surface area contributed by atoms with E-state index in [0.717, 1.165) is 5.69 Å². The molecule has 21 heavy (non-hydrogen) atoms. The van der Waals surface area contributed by atoms with Crippen LogP contribution < -0.4 is 4.72 Å². The summed E-state index contributed by atoms with van der Waals surface area (Å²) in [5.74, 6) is 0.223. The van der Waals surface area contributed by atoms with Crippen molar-refractivity contribution in [2.45, 2.75) is 31.3 Å². The van der Waals surface area contributed by atoms with Crippen LogP contribution in [0.2, 0.25) is 5.02 Å². The smallest absolute Gasteiger partial charge is 0.265 e. The Bertz CT molecular complexity index is 742. The first-order valence-electron chi connectivity index (χ1n) is 6.21. The molecule has 1 aromatic heterocycles. The van der Waals surface area contributed by atoms with Gasteiger partial charge in [0, 0.05) is 5.38 Å². The molecule has 0 saturated carbocycles. The molecule has 0 unspecified atom stereocenters. The maximum atomic E-state index is 12.4. The van der Waals surface area contributed by atoms with E-state index in [9.17, 15) is 8.42 Å². The summed E-state index contributed by atoms with van der Waals surface area (Å²) in [6, 6.07) is 4.37. The van der Waals surface area contributed by atoms with Gasteiger partial charge < -0.3 is 5.11 Å². The van der Waals surface area contributed by atoms with Gasteiger partial charge in [-0.05, 0) is 23.6 Å². The van der Waals surface area contributed by atoms with Gasteiger partial charge in [0.2, 0.25) is 0 Å². The summed E-state index contributed by atoms with van der Waals surface area (Å²) < 4.78 is 27.1. The summed E-state index contributed by atoms with van der Waals surface area (Å²) in [5.41, 5.74) is 1.30. The third-order valence-corrected chi connectivity index (χ3v) is 5.53. The second-order valence-corrected chi connectivity index (χ2v) is 7.68. The zero-order valence-corrected chi connectivity index (χ0v) is 13.9. The Labute approximate surface area is 132 Å². The molecule has 0 aliphatic carbocycles. The summed E-state index contributed by atoms with van der Waals surface area (Å²) in [6.07, 6.45) is 0. The molecule has 5 nitrogen and oxygen atoms in total. The molecule has 0 aliphatic rings. The Kier molecular flexibility index (Phi) is 4.88. The molecule has 2 N–H and O–H groups in total. The van der Waals surface area contributed by atoms with Crippen LogP contribution in [0.4, 0.5) is 5.13 Å². The van der Waals surface area contributed by atoms with Gasteiger partial charge in [0.15, 0.2) is 5.13 Å². The quantitative estimate of drug-likeness (QED) is 0.871. The molecule has 2 rings (SSSR count). The molecule has 8 heteroatoms. The summed E-state index contributed by atoms with van der Waals surface area (Å²) in [6.45, 7) is 3.71. The molecule has 1 aromatic carbocycles. The van der Waals surface area contributed by atoms with Crippen molar-refractivity contribution in [1.82, 2.24) is 4.98 Å². The maximum absolute atomic E-state index is 12.4. The lowest BCUT2D eigenvalue weighted by Gasteiger charge is -2.08. The first-order chi connectivity index (χ1) is 9.83. The van der Waals surface area contributed by atoms with Crippen LogP contribution in [0.3, 0.4) is 0 Å². The van der Waals surface area contributed by atoms with Gasteiger partial charge in [-0.1, -0.05) is 31.5 Å². The van der Waals surface area contributed by atoms with Crippen LogP contribution >= 0.6 is 22.9 Å². The molecule has 0 radical (unpaired) electrons. The number of aliphatic hydroxyl groups excluding tert-OH is 1. The number of nitrogens with zero attached hydrogens (tertiary/aromatic N) is 1. The van der Waals surface area contributed by atoms with E-state index in [1.807, 2.05) is 19.2 Å². The fourth-order valence-corrected chi connectivity index (χ4v) is 4.30. The van der Waals surface area contributed by atoms with E-state index in [-0.39, 0.29) is 22.4 Å². The van der Waals surface area contributed by atoms with E-state index < -0.39 is 10.0 Å². The van der Waals surface area contributed by atoms with Crippen LogP contribution in [0.5, 0.6) is 0 Å². The summed E-state index contributed by atoms with van der Waals surface area (Å²) in [7, 11) is -3.83. The number of halogens is 1. The van der Waals surface area contributed by atoms with E-state index >= 15 is 0 Å². The number of anilines is 1. The average molecular weight is 347 g/mol. The minimum atomic E-state index is -3.83. The largest absolute Gasteiger partial charge is 0.392 e. The topological polar surface area (TPSA) is 79.3 Å². The van der Waals surface area contributed by atoms with Gasteiger partial charge in [-0.2, -0.15) is 0 Å². The number of hydrogen-bond acceptors (Lipinski definition) is 5. The fraction of sp³-hybridized carbons (Fsp3) is 0.308. The number of aromatic nitrogens is 1. The normalized spacial score (nSPS) is 11.9. The van der Waals surface area contributed by atoms with Crippen LogP contribution in [0, 0.1) is 0 Å². The number of nitrogens with one attached hydrogen (secondary N) is 1. The molecule has 1 heterocycles. The Morgan fingerprint density at radius 2 is 2.14 bits per heavy atom. The van der Waals surface area contributed by atoms with Crippen LogP contribution in [0.15, 0.2) is 28.5 Å². The molecule has 0 atom stereocenters. The molecule has 0 aliphatic heterocycles. The number of hydrogen-bond donors (Lipinski definition) is 2. The predicted octanol–water partition coefficient (Wildman–Crippen LogP) is 3.21. The number of rotatable bonds is 5. The molecule has 2 aromatic rings. The maximum Gasteiger partial charge on any atom is 0.265 e. The number of thiazole rings is 1. The number of benzene rings is 1. The summed E-state index contributed by atoms with van der Waals surface area (Å²) in [4.78, 5) is 4.16. The zero-order valence-electron chi connectivity index (χ0n) is 11.5. The van der Waals surface area contributed by atoms with Crippen molar-refractivity contribution in [3.05, 3.63) is 39.9 Å². The lowest BCUT2D eigenvalue weighted by molar-refractivity contribution is 0.281. The third-order valence-electron chi connectivity index (χ3n) is 2.80. The van der Waals surface area contributed by atoms with Gasteiger partial charge in [-0.3, -0.25) is 4.72 Å². The highest BCUT2D eigenvalue weighted by atomic mass is 35.5. The average Bonchev–Trinajstić information content (AvgIpc) is 2.87. The third kappa shape index (κ3) is 3.74. The zero-order chi connectivity index (χ0) is 15.6. The van der Waals surface area contributed by atoms with Crippen molar-refractivity contribution in [2.75, 3.05) is 4.72 Å². The van der Waals surface area contributed by atoms with E-state index in [2.05, 4.69) is 9.71 Å². The molecule has 0 saturated heterocycles. The highest BCUT2D eigenvalue weighted by molar-refractivity contribution is 7.93. The van der Waals surface area contributed by atoms with Gasteiger partial charge in [0.1, 0.15) is 4.90 Å². The number of aliphatic hydroxyl groups is 1. The SMILES string of the molecule is CC(C)c1csc(NS(=O)(=O)c2cc(CO)ccc2Cl)n1. The van der Waals surface area contributed by atoms with Crippen LogP contribution in [-0.4, -0.2) is 18.5 Å². The molecule has 0 spiro atoms. The number of sulfonamides is 1. The van der Waals surface area contributed by atoms with E-state index in [4.69, 9.17) is 16.7 Å². The van der Waals surface area contributed by atoms with Crippen molar-refractivity contribution < 1.29 is 13.5 Å². The molecule has 114 valence electrons. The van der Waals surface area contributed by atoms with Gasteiger partial charge in [0.05, 0.1) is 17.3 Å². The Hall–Kier alpha value is -1.15. The molecular weight excluding hydrogens is 332 g/mol. The van der Waals surface area contributed by atoms with Crippen molar-refractivity contribution >= 4 is 38.1 Å². The highest BCUT2D eigenvalue weighted by Crippen LogP contribution is 2.27. The van der Waals surface area contributed by atoms with Crippen LogP contribution in [0.25, 0.3) is 0 Å². The van der Waals surface area contributed by atoms with E-state index in [1.165, 1.54) is 23.5 Å². The van der Waals surface area contributed by atoms with Crippen molar-refractivity contribution in [3.63, 3.8) is 0 Å². The minimum absolute atomic E-state index is 0.0722. The lowest BCUT2D eigenvalue weighted by Crippen LogP contribution is -2.14. The second kappa shape index (κ2) is 6.31. The Morgan fingerprint density at radius 1 is 1.43 bits per heavy atom. The lowest BCUT2D eigenvalue weighted by atomic mass is 10.2. The van der Waals surface area contributed by atoms with Crippen molar-refractivity contribution in [3.8, 4) is 0 Å². The van der Waals surface area contributed by atoms with Gasteiger partial charge in [-0.25, -0.2) is 13.4 Å². The predicted molar refractivity (Wildman–Crippen MR) is 84.4 cm³/mol. The summed E-state index contributed by atoms with van der Waals surface area (Å²) in [5, 5.41) is 11.3. The van der Waals surface area contributed by atoms with E-state index in [0.29, 0.717) is 10.7 Å². The van der Waals surface area contributed by atoms with Crippen molar-refractivity contribution in [2.24, 2.45) is 0 Å². The van der Waals surface area contributed by atoms with Crippen LogP contribution in [-0.2, 0) is 16.6 Å².